The van der Waals surface area contributed by atoms with E-state index in [-0.39, 0.29) is 36.0 Å². The third kappa shape index (κ3) is 4.79. The number of Topliss-reactive ketones (excluding diaryl/α,β-unsaturated/α-hetero) is 1. The number of urea groups is 1. The van der Waals surface area contributed by atoms with E-state index < -0.39 is 11.6 Å². The maximum Gasteiger partial charge on any atom is 0.324 e. The molecular formula is C23H26F2N4O3. The average molecular weight is 444 g/mol. The number of ketones is 1. The molecule has 2 saturated heterocycles. The van der Waals surface area contributed by atoms with Gasteiger partial charge >= 0.3 is 6.03 Å². The largest absolute Gasteiger partial charge is 0.378 e. The van der Waals surface area contributed by atoms with Gasteiger partial charge in [-0.15, -0.1) is 0 Å². The molecule has 2 aliphatic rings. The number of nitrogens with zero attached hydrogens (tertiary/aromatic N) is 3. The van der Waals surface area contributed by atoms with Gasteiger partial charge in [-0.3, -0.25) is 14.6 Å². The van der Waals surface area contributed by atoms with Crippen molar-refractivity contribution in [3.63, 3.8) is 0 Å². The van der Waals surface area contributed by atoms with Crippen molar-refractivity contribution in [1.29, 1.82) is 0 Å². The van der Waals surface area contributed by atoms with Crippen molar-refractivity contribution in [3.8, 4) is 0 Å². The Morgan fingerprint density at radius 1 is 1.06 bits per heavy atom. The summed E-state index contributed by atoms with van der Waals surface area (Å²) in [5.41, 5.74) is 6.09. The SMILES string of the molecule is NCC(=O)c1ccc(CN(C(=O)N2CCN(C3COC3)CC2)c2cccc(F)c2)c(F)c1. The second-order valence-corrected chi connectivity index (χ2v) is 8.00. The predicted molar refractivity (Wildman–Crippen MR) is 116 cm³/mol. The van der Waals surface area contributed by atoms with Crippen molar-refractivity contribution in [3.05, 3.63) is 65.2 Å². The number of ether oxygens (including phenoxy) is 1. The monoisotopic (exact) mass is 444 g/mol. The molecule has 0 saturated carbocycles. The van der Waals surface area contributed by atoms with E-state index in [2.05, 4.69) is 4.90 Å². The molecule has 7 nitrogen and oxygen atoms in total. The molecule has 2 fully saturated rings. The third-order valence-corrected chi connectivity index (χ3v) is 5.96. The van der Waals surface area contributed by atoms with Crippen LogP contribution in [0.4, 0.5) is 19.3 Å². The van der Waals surface area contributed by atoms with Crippen LogP contribution in [0, 0.1) is 11.6 Å². The molecule has 4 rings (SSSR count). The highest BCUT2D eigenvalue weighted by Crippen LogP contribution is 2.23. The molecule has 2 N–H and O–H groups in total. The van der Waals surface area contributed by atoms with Crippen molar-refractivity contribution in [1.82, 2.24) is 9.80 Å². The zero-order valence-corrected chi connectivity index (χ0v) is 17.7. The number of carbonyl (C=O) groups is 2. The fourth-order valence-electron chi connectivity index (χ4n) is 3.93. The number of hydrogen-bond acceptors (Lipinski definition) is 5. The lowest BCUT2D eigenvalue weighted by Gasteiger charge is -2.43. The molecule has 0 bridgehead atoms. The molecule has 9 heteroatoms. The van der Waals surface area contributed by atoms with E-state index in [9.17, 15) is 18.4 Å². The molecule has 0 unspecified atom stereocenters. The summed E-state index contributed by atoms with van der Waals surface area (Å²) < 4.78 is 33.9. The molecule has 2 aliphatic heterocycles. The van der Waals surface area contributed by atoms with Crippen molar-refractivity contribution < 1.29 is 23.1 Å². The number of anilines is 1. The maximum absolute atomic E-state index is 14.8. The molecule has 2 amide bonds. The summed E-state index contributed by atoms with van der Waals surface area (Å²) in [6.07, 6.45) is 0. The highest BCUT2D eigenvalue weighted by molar-refractivity contribution is 5.97. The zero-order chi connectivity index (χ0) is 22.7. The Morgan fingerprint density at radius 3 is 2.41 bits per heavy atom. The topological polar surface area (TPSA) is 79.1 Å². The van der Waals surface area contributed by atoms with Crippen LogP contribution in [0.25, 0.3) is 0 Å². The first-order valence-electron chi connectivity index (χ1n) is 10.6. The van der Waals surface area contributed by atoms with E-state index in [1.54, 1.807) is 11.0 Å². The van der Waals surface area contributed by atoms with E-state index >= 15 is 0 Å². The van der Waals surface area contributed by atoms with E-state index in [1.165, 1.54) is 35.2 Å². The van der Waals surface area contributed by atoms with Crippen LogP contribution >= 0.6 is 0 Å². The summed E-state index contributed by atoms with van der Waals surface area (Å²) in [6.45, 7) is 3.60. The third-order valence-electron chi connectivity index (χ3n) is 5.96. The molecule has 32 heavy (non-hydrogen) atoms. The highest BCUT2D eigenvalue weighted by atomic mass is 19.1. The number of benzene rings is 2. The molecule has 0 spiro atoms. The molecule has 2 aromatic carbocycles. The number of hydrogen-bond donors (Lipinski definition) is 1. The molecule has 170 valence electrons. The zero-order valence-electron chi connectivity index (χ0n) is 17.7. The Balaban J connectivity index is 1.54. The number of nitrogens with two attached hydrogens (primary N) is 1. The Morgan fingerprint density at radius 2 is 1.81 bits per heavy atom. The molecule has 0 aromatic heterocycles. The first-order valence-corrected chi connectivity index (χ1v) is 10.6. The van der Waals surface area contributed by atoms with E-state index in [0.29, 0.717) is 38.0 Å². The average Bonchev–Trinajstić information content (AvgIpc) is 2.76. The summed E-state index contributed by atoms with van der Waals surface area (Å²) in [5.74, 6) is -1.48. The normalized spacial score (nSPS) is 17.2. The molecule has 2 heterocycles. The fraction of sp³-hybridized carbons (Fsp3) is 0.391. The van der Waals surface area contributed by atoms with E-state index in [0.717, 1.165) is 19.2 Å². The predicted octanol–water partition coefficient (Wildman–Crippen LogP) is 2.25. The van der Waals surface area contributed by atoms with Crippen LogP contribution in [0.15, 0.2) is 42.5 Å². The minimum Gasteiger partial charge on any atom is -0.378 e. The van der Waals surface area contributed by atoms with Gasteiger partial charge in [-0.2, -0.15) is 0 Å². The molecule has 0 atom stereocenters. The lowest BCUT2D eigenvalue weighted by molar-refractivity contribution is -0.0738. The van der Waals surface area contributed by atoms with Gasteiger partial charge in [0.1, 0.15) is 11.6 Å². The van der Waals surface area contributed by atoms with Gasteiger partial charge in [-0.1, -0.05) is 18.2 Å². The second kappa shape index (κ2) is 9.72. The van der Waals surface area contributed by atoms with Gasteiger partial charge in [-0.25, -0.2) is 13.6 Å². The van der Waals surface area contributed by atoms with Gasteiger partial charge in [0.25, 0.3) is 0 Å². The number of piperazine rings is 1. The van der Waals surface area contributed by atoms with Crippen LogP contribution in [0.2, 0.25) is 0 Å². The van der Waals surface area contributed by atoms with Gasteiger partial charge in [-0.05, 0) is 24.3 Å². The fourth-order valence-corrected chi connectivity index (χ4v) is 3.93. The molecule has 2 aromatic rings. The van der Waals surface area contributed by atoms with E-state index in [4.69, 9.17) is 10.5 Å². The van der Waals surface area contributed by atoms with Crippen LogP contribution in [0.3, 0.4) is 0 Å². The smallest absolute Gasteiger partial charge is 0.324 e. The highest BCUT2D eigenvalue weighted by Gasteiger charge is 2.32. The minimum absolute atomic E-state index is 0.0953. The van der Waals surface area contributed by atoms with Crippen LogP contribution in [0.1, 0.15) is 15.9 Å². The van der Waals surface area contributed by atoms with Crippen molar-refractivity contribution in [2.24, 2.45) is 5.73 Å². The summed E-state index contributed by atoms with van der Waals surface area (Å²) >= 11 is 0. The molecule has 0 aliphatic carbocycles. The van der Waals surface area contributed by atoms with Gasteiger partial charge < -0.3 is 15.4 Å². The summed E-state index contributed by atoms with van der Waals surface area (Å²) in [7, 11) is 0. The number of carbonyl (C=O) groups excluding carboxylic acids is 2. The number of halogens is 2. The molecule has 0 radical (unpaired) electrons. The summed E-state index contributed by atoms with van der Waals surface area (Å²) in [4.78, 5) is 30.5. The first kappa shape index (κ1) is 22.3. The lowest BCUT2D eigenvalue weighted by Crippen LogP contribution is -2.59. The van der Waals surface area contributed by atoms with Gasteiger partial charge in [0, 0.05) is 43.0 Å². The van der Waals surface area contributed by atoms with Crippen LogP contribution in [0.5, 0.6) is 0 Å². The summed E-state index contributed by atoms with van der Waals surface area (Å²) in [6, 6.07) is 9.83. The lowest BCUT2D eigenvalue weighted by atomic mass is 10.1. The standard InChI is InChI=1S/C23H26F2N4O3/c24-18-2-1-3-19(11-18)29(13-17-5-4-16(10-21(17)25)22(30)12-26)23(31)28-8-6-27(7-9-28)20-14-32-15-20/h1-5,10-11,20H,6-9,12-15,26H2. The van der Waals surface area contributed by atoms with Crippen LogP contribution in [-0.4, -0.2) is 73.6 Å². The summed E-state index contributed by atoms with van der Waals surface area (Å²) in [5, 5.41) is 0. The second-order valence-electron chi connectivity index (χ2n) is 8.00. The Hall–Kier alpha value is -2.88. The maximum atomic E-state index is 14.8. The van der Waals surface area contributed by atoms with Gasteiger partial charge in [0.15, 0.2) is 5.78 Å². The van der Waals surface area contributed by atoms with E-state index in [1.807, 2.05) is 0 Å². The number of amides is 2. The Kier molecular flexibility index (Phi) is 6.78. The van der Waals surface area contributed by atoms with Crippen molar-refractivity contribution in [2.45, 2.75) is 12.6 Å². The Labute approximate surface area is 185 Å². The quantitative estimate of drug-likeness (QED) is 0.692. The van der Waals surface area contributed by atoms with Crippen molar-refractivity contribution in [2.75, 3.05) is 50.8 Å². The Bertz CT molecular complexity index is 991. The first-order chi connectivity index (χ1) is 15.5. The van der Waals surface area contributed by atoms with Crippen molar-refractivity contribution >= 4 is 17.5 Å². The van der Waals surface area contributed by atoms with Crippen LogP contribution in [-0.2, 0) is 11.3 Å². The van der Waals surface area contributed by atoms with Crippen LogP contribution < -0.4 is 10.6 Å². The minimum atomic E-state index is -0.617. The molecular weight excluding hydrogens is 418 g/mol. The number of rotatable bonds is 6. The van der Waals surface area contributed by atoms with Gasteiger partial charge in [0.2, 0.25) is 0 Å². The van der Waals surface area contributed by atoms with Gasteiger partial charge in [0.05, 0.1) is 32.3 Å².